The lowest BCUT2D eigenvalue weighted by Crippen LogP contribution is -2.38. The van der Waals surface area contributed by atoms with E-state index in [0.717, 1.165) is 30.3 Å². The Kier molecular flexibility index (Phi) is 5.37. The van der Waals surface area contributed by atoms with Crippen LogP contribution in [0.2, 0.25) is 0 Å². The van der Waals surface area contributed by atoms with Gasteiger partial charge in [0.25, 0.3) is 0 Å². The molecule has 0 aliphatic heterocycles. The first-order valence-electron chi connectivity index (χ1n) is 7.76. The van der Waals surface area contributed by atoms with E-state index < -0.39 is 0 Å². The van der Waals surface area contributed by atoms with E-state index in [1.54, 1.807) is 0 Å². The predicted octanol–water partition coefficient (Wildman–Crippen LogP) is 2.64. The van der Waals surface area contributed by atoms with Crippen LogP contribution in [-0.4, -0.2) is 41.1 Å². The van der Waals surface area contributed by atoms with Crippen molar-refractivity contribution in [2.45, 2.75) is 32.9 Å². The molecular formula is C17H28N4. The van der Waals surface area contributed by atoms with Gasteiger partial charge >= 0.3 is 0 Å². The summed E-state index contributed by atoms with van der Waals surface area (Å²) in [7, 11) is 6.40. The van der Waals surface area contributed by atoms with Gasteiger partial charge in [-0.05, 0) is 38.6 Å². The number of rotatable bonds is 7. The molecule has 0 aliphatic carbocycles. The van der Waals surface area contributed by atoms with Crippen LogP contribution < -0.4 is 5.32 Å². The highest BCUT2D eigenvalue weighted by molar-refractivity contribution is 5.75. The number of nitrogens with one attached hydrogen (secondary N) is 1. The van der Waals surface area contributed by atoms with E-state index in [1.807, 2.05) is 6.07 Å². The monoisotopic (exact) mass is 288 g/mol. The molecule has 0 saturated carbocycles. The average molecular weight is 288 g/mol. The molecule has 21 heavy (non-hydrogen) atoms. The molecule has 2 aromatic rings. The van der Waals surface area contributed by atoms with Gasteiger partial charge in [-0.1, -0.05) is 26.0 Å². The first-order chi connectivity index (χ1) is 9.99. The highest BCUT2D eigenvalue weighted by atomic mass is 15.1. The fourth-order valence-corrected chi connectivity index (χ4v) is 2.72. The number of nitrogens with zero attached hydrogens (tertiary/aromatic N) is 3. The normalized spacial score (nSPS) is 13.5. The SMILES string of the molecule is CC(C)CC(CNCc1nc2ccccc2n1C)N(C)C. The van der Waals surface area contributed by atoms with Crippen molar-refractivity contribution < 1.29 is 0 Å². The summed E-state index contributed by atoms with van der Waals surface area (Å²) in [5.41, 5.74) is 2.27. The van der Waals surface area contributed by atoms with Crippen LogP contribution >= 0.6 is 0 Å². The number of para-hydroxylation sites is 2. The summed E-state index contributed by atoms with van der Waals surface area (Å²) in [4.78, 5) is 7.01. The number of likely N-dealkylation sites (N-methyl/N-ethyl adjacent to an activating group) is 1. The number of fused-ring (bicyclic) bond motifs is 1. The van der Waals surface area contributed by atoms with E-state index >= 15 is 0 Å². The van der Waals surface area contributed by atoms with E-state index in [0.29, 0.717) is 6.04 Å². The Morgan fingerprint density at radius 2 is 1.95 bits per heavy atom. The predicted molar refractivity (Wildman–Crippen MR) is 89.4 cm³/mol. The molecule has 1 heterocycles. The number of aryl methyl sites for hydroxylation is 1. The van der Waals surface area contributed by atoms with Crippen LogP contribution in [0.25, 0.3) is 11.0 Å². The van der Waals surface area contributed by atoms with Crippen molar-refractivity contribution in [3.05, 3.63) is 30.1 Å². The second-order valence-electron chi connectivity index (χ2n) is 6.45. The topological polar surface area (TPSA) is 33.1 Å². The van der Waals surface area contributed by atoms with Crippen molar-refractivity contribution >= 4 is 11.0 Å². The van der Waals surface area contributed by atoms with Gasteiger partial charge in [-0.25, -0.2) is 4.98 Å². The Labute approximate surface area is 128 Å². The van der Waals surface area contributed by atoms with Gasteiger partial charge in [-0.2, -0.15) is 0 Å². The standard InChI is InChI=1S/C17H28N4/c1-13(2)10-14(20(3)4)11-18-12-17-19-15-8-6-7-9-16(15)21(17)5/h6-9,13-14,18H,10-12H2,1-5H3. The third-order valence-corrected chi connectivity index (χ3v) is 4.02. The summed E-state index contributed by atoms with van der Waals surface area (Å²) >= 11 is 0. The van der Waals surface area contributed by atoms with Gasteiger partial charge in [0.05, 0.1) is 17.6 Å². The van der Waals surface area contributed by atoms with Crippen LogP contribution in [0.15, 0.2) is 24.3 Å². The van der Waals surface area contributed by atoms with E-state index in [2.05, 4.69) is 68.0 Å². The van der Waals surface area contributed by atoms with Gasteiger partial charge in [0.2, 0.25) is 0 Å². The van der Waals surface area contributed by atoms with Crippen LogP contribution in [0.1, 0.15) is 26.1 Å². The summed E-state index contributed by atoms with van der Waals surface area (Å²) in [5.74, 6) is 1.81. The maximum absolute atomic E-state index is 4.70. The van der Waals surface area contributed by atoms with Crippen molar-refractivity contribution in [3.63, 3.8) is 0 Å². The zero-order valence-electron chi connectivity index (χ0n) is 13.9. The Bertz CT molecular complexity index is 571. The number of aromatic nitrogens is 2. The first-order valence-corrected chi connectivity index (χ1v) is 7.76. The lowest BCUT2D eigenvalue weighted by atomic mass is 10.0. The van der Waals surface area contributed by atoms with Crippen molar-refractivity contribution in [1.82, 2.24) is 19.8 Å². The second kappa shape index (κ2) is 7.05. The van der Waals surface area contributed by atoms with Crippen molar-refractivity contribution in [2.24, 2.45) is 13.0 Å². The number of hydrogen-bond donors (Lipinski definition) is 1. The number of benzene rings is 1. The highest BCUT2D eigenvalue weighted by Gasteiger charge is 2.13. The third kappa shape index (κ3) is 4.05. The number of hydrogen-bond acceptors (Lipinski definition) is 3. The minimum Gasteiger partial charge on any atom is -0.330 e. The average Bonchev–Trinajstić information content (AvgIpc) is 2.74. The highest BCUT2D eigenvalue weighted by Crippen LogP contribution is 2.14. The fraction of sp³-hybridized carbons (Fsp3) is 0.588. The molecule has 2 rings (SSSR count). The molecule has 116 valence electrons. The van der Waals surface area contributed by atoms with Crippen LogP contribution in [-0.2, 0) is 13.6 Å². The van der Waals surface area contributed by atoms with Crippen molar-refractivity contribution in [3.8, 4) is 0 Å². The van der Waals surface area contributed by atoms with Crippen molar-refractivity contribution in [2.75, 3.05) is 20.6 Å². The van der Waals surface area contributed by atoms with Gasteiger partial charge in [0.15, 0.2) is 0 Å². The molecule has 1 aromatic carbocycles. The molecule has 0 bridgehead atoms. The molecule has 0 fully saturated rings. The molecule has 0 radical (unpaired) electrons. The van der Waals surface area contributed by atoms with Crippen LogP contribution in [0.5, 0.6) is 0 Å². The molecule has 1 N–H and O–H groups in total. The Hall–Kier alpha value is -1.39. The molecule has 0 aliphatic rings. The molecular weight excluding hydrogens is 260 g/mol. The third-order valence-electron chi connectivity index (χ3n) is 4.02. The maximum atomic E-state index is 4.70. The lowest BCUT2D eigenvalue weighted by molar-refractivity contribution is 0.246. The smallest absolute Gasteiger partial charge is 0.123 e. The largest absolute Gasteiger partial charge is 0.330 e. The Morgan fingerprint density at radius 1 is 1.24 bits per heavy atom. The quantitative estimate of drug-likeness (QED) is 0.850. The Morgan fingerprint density at radius 3 is 2.57 bits per heavy atom. The molecule has 1 unspecified atom stereocenters. The molecule has 0 saturated heterocycles. The van der Waals surface area contributed by atoms with Gasteiger partial charge < -0.3 is 14.8 Å². The van der Waals surface area contributed by atoms with Gasteiger partial charge in [-0.15, -0.1) is 0 Å². The van der Waals surface area contributed by atoms with Gasteiger partial charge in [0.1, 0.15) is 5.82 Å². The van der Waals surface area contributed by atoms with Crippen molar-refractivity contribution in [1.29, 1.82) is 0 Å². The summed E-state index contributed by atoms with van der Waals surface area (Å²) in [6.07, 6.45) is 1.21. The lowest BCUT2D eigenvalue weighted by Gasteiger charge is -2.26. The minimum atomic E-state index is 0.569. The van der Waals surface area contributed by atoms with Crippen LogP contribution in [0.4, 0.5) is 0 Å². The summed E-state index contributed by atoms with van der Waals surface area (Å²) < 4.78 is 2.18. The molecule has 1 atom stereocenters. The second-order valence-corrected chi connectivity index (χ2v) is 6.45. The van der Waals surface area contributed by atoms with Gasteiger partial charge in [0, 0.05) is 19.6 Å². The first kappa shape index (κ1) is 16.0. The molecule has 4 heteroatoms. The van der Waals surface area contributed by atoms with E-state index in [9.17, 15) is 0 Å². The van der Waals surface area contributed by atoms with Crippen LogP contribution in [0.3, 0.4) is 0 Å². The molecule has 4 nitrogen and oxygen atoms in total. The molecule has 1 aromatic heterocycles. The van der Waals surface area contributed by atoms with E-state index in [1.165, 1.54) is 11.9 Å². The molecule has 0 amide bonds. The maximum Gasteiger partial charge on any atom is 0.123 e. The number of imidazole rings is 1. The minimum absolute atomic E-state index is 0.569. The zero-order chi connectivity index (χ0) is 15.4. The van der Waals surface area contributed by atoms with E-state index in [-0.39, 0.29) is 0 Å². The summed E-state index contributed by atoms with van der Waals surface area (Å²) in [6.45, 7) is 6.37. The van der Waals surface area contributed by atoms with Crippen LogP contribution in [0, 0.1) is 5.92 Å². The van der Waals surface area contributed by atoms with E-state index in [4.69, 9.17) is 4.98 Å². The molecule has 0 spiro atoms. The summed E-state index contributed by atoms with van der Waals surface area (Å²) in [6, 6.07) is 8.86. The Balaban J connectivity index is 1.96. The summed E-state index contributed by atoms with van der Waals surface area (Å²) in [5, 5.41) is 3.57. The fourth-order valence-electron chi connectivity index (χ4n) is 2.72. The van der Waals surface area contributed by atoms with Gasteiger partial charge in [-0.3, -0.25) is 0 Å². The zero-order valence-corrected chi connectivity index (χ0v) is 13.9.